The van der Waals surface area contributed by atoms with E-state index in [2.05, 4.69) is 10.1 Å². The van der Waals surface area contributed by atoms with Crippen molar-refractivity contribution in [3.8, 4) is 5.75 Å². The normalized spacial score (nSPS) is 10.5. The van der Waals surface area contributed by atoms with Gasteiger partial charge in [0, 0.05) is 6.07 Å². The van der Waals surface area contributed by atoms with Crippen molar-refractivity contribution in [2.24, 2.45) is 0 Å². The predicted octanol–water partition coefficient (Wildman–Crippen LogP) is 3.61. The summed E-state index contributed by atoms with van der Waals surface area (Å²) in [5, 5.41) is 13.5. The van der Waals surface area contributed by atoms with Crippen LogP contribution in [0.3, 0.4) is 0 Å². The van der Waals surface area contributed by atoms with Gasteiger partial charge in [-0.15, -0.1) is 0 Å². The first-order valence-corrected chi connectivity index (χ1v) is 7.95. The Morgan fingerprint density at radius 3 is 2.32 bits per heavy atom. The van der Waals surface area contributed by atoms with Gasteiger partial charge in [-0.1, -0.05) is 0 Å². The first kappa shape index (κ1) is 20.7. The van der Waals surface area contributed by atoms with Crippen LogP contribution in [0, 0.1) is 24.0 Å². The largest absolute Gasteiger partial charge is 0.452 e. The summed E-state index contributed by atoms with van der Waals surface area (Å²) in [5.74, 6) is -1.77. The molecule has 1 amide bonds. The maximum Gasteiger partial charge on any atom is 0.387 e. The van der Waals surface area contributed by atoms with Crippen molar-refractivity contribution >= 4 is 23.3 Å². The molecule has 0 aromatic heterocycles. The summed E-state index contributed by atoms with van der Waals surface area (Å²) < 4.78 is 33.2. The number of nitro groups is 1. The van der Waals surface area contributed by atoms with E-state index in [4.69, 9.17) is 4.74 Å². The third-order valence-electron chi connectivity index (χ3n) is 3.73. The molecule has 0 saturated heterocycles. The fourth-order valence-electron chi connectivity index (χ4n) is 2.23. The third-order valence-corrected chi connectivity index (χ3v) is 3.73. The number of carbonyl (C=O) groups is 2. The molecule has 0 aliphatic carbocycles. The molecule has 0 fully saturated rings. The molecule has 148 valence electrons. The van der Waals surface area contributed by atoms with Crippen molar-refractivity contribution in [1.29, 1.82) is 0 Å². The van der Waals surface area contributed by atoms with Crippen molar-refractivity contribution < 1.29 is 32.8 Å². The van der Waals surface area contributed by atoms with Gasteiger partial charge in [0.25, 0.3) is 11.6 Å². The molecule has 2 aromatic rings. The second kappa shape index (κ2) is 8.89. The average molecular weight is 394 g/mol. The van der Waals surface area contributed by atoms with Crippen molar-refractivity contribution in [1.82, 2.24) is 0 Å². The number of aryl methyl sites for hydroxylation is 2. The molecule has 2 rings (SSSR count). The number of nitrogens with one attached hydrogen (secondary N) is 1. The zero-order chi connectivity index (χ0) is 20.8. The SMILES string of the molecule is Cc1cc(NC(=O)COC(=O)c2ccc(OC(F)F)cc2)c([N+](=O)[O-])cc1C. The molecule has 0 atom stereocenters. The molecule has 0 heterocycles. The van der Waals surface area contributed by atoms with Crippen LogP contribution < -0.4 is 10.1 Å². The minimum Gasteiger partial charge on any atom is -0.452 e. The second-order valence-corrected chi connectivity index (χ2v) is 5.74. The van der Waals surface area contributed by atoms with Gasteiger partial charge >= 0.3 is 12.6 Å². The van der Waals surface area contributed by atoms with E-state index in [-0.39, 0.29) is 22.7 Å². The zero-order valence-electron chi connectivity index (χ0n) is 14.9. The maximum absolute atomic E-state index is 12.1. The Kier molecular flexibility index (Phi) is 6.59. The molecule has 28 heavy (non-hydrogen) atoms. The van der Waals surface area contributed by atoms with Gasteiger partial charge in [-0.3, -0.25) is 14.9 Å². The van der Waals surface area contributed by atoms with Gasteiger partial charge in [0.2, 0.25) is 0 Å². The van der Waals surface area contributed by atoms with Crippen LogP contribution in [-0.4, -0.2) is 30.0 Å². The second-order valence-electron chi connectivity index (χ2n) is 5.74. The summed E-state index contributed by atoms with van der Waals surface area (Å²) in [6, 6.07) is 7.50. The molecule has 0 radical (unpaired) electrons. The fourth-order valence-corrected chi connectivity index (χ4v) is 2.23. The molecular formula is C18H16F2N2O6. The van der Waals surface area contributed by atoms with Gasteiger partial charge in [-0.2, -0.15) is 8.78 Å². The van der Waals surface area contributed by atoms with Crippen LogP contribution in [-0.2, 0) is 9.53 Å². The molecule has 0 aliphatic rings. The minimum absolute atomic E-state index is 0.0114. The zero-order valence-corrected chi connectivity index (χ0v) is 14.9. The Labute approximate surface area is 158 Å². The molecule has 0 spiro atoms. The number of halogens is 2. The van der Waals surface area contributed by atoms with Crippen molar-refractivity contribution in [3.63, 3.8) is 0 Å². The standard InChI is InChI=1S/C18H16F2N2O6/c1-10-7-14(15(22(25)26)8-11(10)2)21-16(23)9-27-17(24)12-3-5-13(6-4-12)28-18(19)20/h3-8,18H,9H2,1-2H3,(H,21,23). The highest BCUT2D eigenvalue weighted by atomic mass is 19.3. The number of anilines is 1. The van der Waals surface area contributed by atoms with Crippen LogP contribution in [0.5, 0.6) is 5.75 Å². The highest BCUT2D eigenvalue weighted by Gasteiger charge is 2.18. The average Bonchev–Trinajstić information content (AvgIpc) is 2.62. The van der Waals surface area contributed by atoms with E-state index in [1.807, 2.05) is 0 Å². The Morgan fingerprint density at radius 2 is 1.75 bits per heavy atom. The molecule has 10 heteroatoms. The van der Waals surface area contributed by atoms with Gasteiger partial charge in [-0.05, 0) is 55.3 Å². The third kappa shape index (κ3) is 5.47. The van der Waals surface area contributed by atoms with Crippen molar-refractivity contribution in [2.45, 2.75) is 20.5 Å². The molecule has 0 aliphatic heterocycles. The minimum atomic E-state index is -2.99. The summed E-state index contributed by atoms with van der Waals surface area (Å²) in [7, 11) is 0. The number of ether oxygens (including phenoxy) is 2. The summed E-state index contributed by atoms with van der Waals surface area (Å²) in [4.78, 5) is 34.4. The number of alkyl halides is 2. The van der Waals surface area contributed by atoms with E-state index in [0.29, 0.717) is 5.56 Å². The lowest BCUT2D eigenvalue weighted by Crippen LogP contribution is -2.21. The number of rotatable bonds is 7. The van der Waals surface area contributed by atoms with Crippen molar-refractivity contribution in [3.05, 3.63) is 63.2 Å². The smallest absolute Gasteiger partial charge is 0.387 e. The van der Waals surface area contributed by atoms with Gasteiger partial charge in [0.05, 0.1) is 10.5 Å². The Bertz CT molecular complexity index is 900. The summed E-state index contributed by atoms with van der Waals surface area (Å²) >= 11 is 0. The molecule has 1 N–H and O–H groups in total. The van der Waals surface area contributed by atoms with Gasteiger partial charge < -0.3 is 14.8 Å². The number of hydrogen-bond acceptors (Lipinski definition) is 6. The quantitative estimate of drug-likeness (QED) is 0.437. The highest BCUT2D eigenvalue weighted by Crippen LogP contribution is 2.27. The van der Waals surface area contributed by atoms with Gasteiger partial charge in [-0.25, -0.2) is 4.79 Å². The topological polar surface area (TPSA) is 108 Å². The number of esters is 1. The maximum atomic E-state index is 12.1. The van der Waals surface area contributed by atoms with E-state index in [0.717, 1.165) is 17.7 Å². The lowest BCUT2D eigenvalue weighted by molar-refractivity contribution is -0.384. The fraction of sp³-hybridized carbons (Fsp3) is 0.222. The summed E-state index contributed by atoms with van der Waals surface area (Å²) in [6.07, 6.45) is 0. The predicted molar refractivity (Wildman–Crippen MR) is 94.6 cm³/mol. The summed E-state index contributed by atoms with van der Waals surface area (Å²) in [6.45, 7) is -0.238. The van der Waals surface area contributed by atoms with Crippen LogP contribution in [0.2, 0.25) is 0 Å². The first-order valence-electron chi connectivity index (χ1n) is 7.95. The van der Waals surface area contributed by atoms with Gasteiger partial charge in [0.15, 0.2) is 6.61 Å². The number of carbonyl (C=O) groups excluding carboxylic acids is 2. The van der Waals surface area contributed by atoms with Gasteiger partial charge in [0.1, 0.15) is 11.4 Å². The van der Waals surface area contributed by atoms with E-state index >= 15 is 0 Å². The Morgan fingerprint density at radius 1 is 1.14 bits per heavy atom. The Balaban J connectivity index is 1.98. The van der Waals surface area contributed by atoms with Crippen LogP contribution >= 0.6 is 0 Å². The summed E-state index contributed by atoms with van der Waals surface area (Å²) in [5.41, 5.74) is 1.16. The van der Waals surface area contributed by atoms with Crippen molar-refractivity contribution in [2.75, 3.05) is 11.9 Å². The molecule has 0 bridgehead atoms. The lowest BCUT2D eigenvalue weighted by atomic mass is 10.1. The first-order chi connectivity index (χ1) is 13.2. The number of amides is 1. The number of hydrogen-bond donors (Lipinski definition) is 1. The number of nitrogens with zero attached hydrogens (tertiary/aromatic N) is 1. The molecule has 0 saturated carbocycles. The number of nitro benzene ring substituents is 1. The van der Waals surface area contributed by atoms with Crippen LogP contribution in [0.4, 0.5) is 20.2 Å². The van der Waals surface area contributed by atoms with E-state index in [1.54, 1.807) is 13.8 Å². The highest BCUT2D eigenvalue weighted by molar-refractivity contribution is 5.97. The van der Waals surface area contributed by atoms with Crippen LogP contribution in [0.1, 0.15) is 21.5 Å². The van der Waals surface area contributed by atoms with E-state index in [1.165, 1.54) is 24.3 Å². The molecule has 2 aromatic carbocycles. The molecule has 0 unspecified atom stereocenters. The molecular weight excluding hydrogens is 378 g/mol. The van der Waals surface area contributed by atoms with E-state index in [9.17, 15) is 28.5 Å². The lowest BCUT2D eigenvalue weighted by Gasteiger charge is -2.10. The Hall–Kier alpha value is -3.56. The van der Waals surface area contributed by atoms with Crippen LogP contribution in [0.25, 0.3) is 0 Å². The molecule has 8 nitrogen and oxygen atoms in total. The number of benzene rings is 2. The van der Waals surface area contributed by atoms with E-state index < -0.39 is 30.0 Å². The van der Waals surface area contributed by atoms with Crippen LogP contribution in [0.15, 0.2) is 36.4 Å². The monoisotopic (exact) mass is 394 g/mol.